The van der Waals surface area contributed by atoms with Crippen LogP contribution < -0.4 is 22.3 Å². The van der Waals surface area contributed by atoms with Crippen molar-refractivity contribution in [3.63, 3.8) is 0 Å². The average molecular weight is 255 g/mol. The van der Waals surface area contributed by atoms with Crippen LogP contribution in [0.1, 0.15) is 13.8 Å². The van der Waals surface area contributed by atoms with Crippen molar-refractivity contribution in [2.45, 2.75) is 19.9 Å². The molecule has 1 heterocycles. The second kappa shape index (κ2) is 5.72. The van der Waals surface area contributed by atoms with Gasteiger partial charge in [0.25, 0.3) is 5.56 Å². The zero-order chi connectivity index (χ0) is 13.9. The molecule has 18 heavy (non-hydrogen) atoms. The van der Waals surface area contributed by atoms with E-state index in [1.807, 2.05) is 7.05 Å². The minimum atomic E-state index is -0.512. The van der Waals surface area contributed by atoms with Gasteiger partial charge in [-0.15, -0.1) is 0 Å². The van der Waals surface area contributed by atoms with Crippen molar-refractivity contribution in [2.75, 3.05) is 31.2 Å². The summed E-state index contributed by atoms with van der Waals surface area (Å²) in [6.45, 7) is 5.54. The Morgan fingerprint density at radius 2 is 2.06 bits per heavy atom. The third kappa shape index (κ3) is 3.13. The van der Waals surface area contributed by atoms with Gasteiger partial charge in [-0.2, -0.15) is 0 Å². The van der Waals surface area contributed by atoms with Crippen LogP contribution in [0.5, 0.6) is 0 Å². The number of nitrogens with zero attached hydrogens (tertiary/aromatic N) is 2. The quantitative estimate of drug-likeness (QED) is 0.653. The summed E-state index contributed by atoms with van der Waals surface area (Å²) in [6, 6.07) is 0.433. The zero-order valence-corrected chi connectivity index (χ0v) is 11.3. The van der Waals surface area contributed by atoms with Crippen LogP contribution in [-0.2, 0) is 7.05 Å². The van der Waals surface area contributed by atoms with Crippen LogP contribution in [0.3, 0.4) is 0 Å². The molecule has 0 saturated carbocycles. The molecule has 0 bridgehead atoms. The Morgan fingerprint density at radius 3 is 2.61 bits per heavy atom. The van der Waals surface area contributed by atoms with E-state index in [1.165, 1.54) is 11.6 Å². The predicted molar refractivity (Wildman–Crippen MR) is 73.0 cm³/mol. The Labute approximate surface area is 106 Å². The lowest BCUT2D eigenvalue weighted by molar-refractivity contribution is 0.284. The first kappa shape index (κ1) is 14.3. The summed E-state index contributed by atoms with van der Waals surface area (Å²) in [7, 11) is 3.51. The fourth-order valence-electron chi connectivity index (χ4n) is 1.42. The van der Waals surface area contributed by atoms with Gasteiger partial charge < -0.3 is 16.0 Å². The largest absolute Gasteiger partial charge is 0.383 e. The fraction of sp³-hybridized carbons (Fsp3) is 0.636. The van der Waals surface area contributed by atoms with E-state index in [9.17, 15) is 9.59 Å². The second-order valence-electron chi connectivity index (χ2n) is 4.58. The van der Waals surface area contributed by atoms with Gasteiger partial charge in [0.15, 0.2) is 0 Å². The smallest absolute Gasteiger partial charge is 0.329 e. The molecule has 0 unspecified atom stereocenters. The number of H-pyrrole nitrogens is 1. The van der Waals surface area contributed by atoms with Crippen molar-refractivity contribution in [1.82, 2.24) is 14.5 Å². The van der Waals surface area contributed by atoms with E-state index in [1.54, 1.807) is 0 Å². The topological polar surface area (TPSA) is 96.2 Å². The van der Waals surface area contributed by atoms with Gasteiger partial charge in [-0.05, 0) is 20.9 Å². The van der Waals surface area contributed by atoms with Crippen LogP contribution in [0.2, 0.25) is 0 Å². The molecule has 0 spiro atoms. The van der Waals surface area contributed by atoms with Crippen molar-refractivity contribution in [1.29, 1.82) is 0 Å². The molecule has 0 atom stereocenters. The zero-order valence-electron chi connectivity index (χ0n) is 11.3. The molecule has 0 aliphatic carbocycles. The summed E-state index contributed by atoms with van der Waals surface area (Å²) in [4.78, 5) is 27.2. The Kier molecular flexibility index (Phi) is 4.55. The lowest BCUT2D eigenvalue weighted by Gasteiger charge is -2.21. The highest BCUT2D eigenvalue weighted by Crippen LogP contribution is 2.07. The number of aromatic amines is 1. The molecular weight excluding hydrogens is 234 g/mol. The number of aromatic nitrogens is 2. The molecule has 4 N–H and O–H groups in total. The molecule has 0 saturated heterocycles. The van der Waals surface area contributed by atoms with Gasteiger partial charge >= 0.3 is 5.69 Å². The number of likely N-dealkylation sites (N-methyl/N-ethyl adjacent to an activating group) is 1. The maximum atomic E-state index is 11.6. The van der Waals surface area contributed by atoms with E-state index >= 15 is 0 Å². The van der Waals surface area contributed by atoms with Gasteiger partial charge in [0.05, 0.1) is 0 Å². The summed E-state index contributed by atoms with van der Waals surface area (Å²) in [5.41, 5.74) is 4.98. The molecule has 0 fully saturated rings. The molecule has 0 radical (unpaired) electrons. The van der Waals surface area contributed by atoms with Gasteiger partial charge in [-0.25, -0.2) is 4.79 Å². The summed E-state index contributed by atoms with van der Waals surface area (Å²) >= 11 is 0. The average Bonchev–Trinajstić information content (AvgIpc) is 2.30. The van der Waals surface area contributed by atoms with Crippen molar-refractivity contribution < 1.29 is 0 Å². The summed E-state index contributed by atoms with van der Waals surface area (Å²) in [5, 5.41) is 2.96. The van der Waals surface area contributed by atoms with Gasteiger partial charge in [0.1, 0.15) is 11.5 Å². The van der Waals surface area contributed by atoms with E-state index in [-0.39, 0.29) is 11.5 Å². The lowest BCUT2D eigenvalue weighted by atomic mass is 10.3. The highest BCUT2D eigenvalue weighted by atomic mass is 16.2. The number of rotatable bonds is 5. The van der Waals surface area contributed by atoms with Crippen molar-refractivity contribution in [3.8, 4) is 0 Å². The maximum absolute atomic E-state index is 11.6. The molecule has 0 aliphatic rings. The predicted octanol–water partition coefficient (Wildman–Crippen LogP) is -0.592. The monoisotopic (exact) mass is 255 g/mol. The molecule has 1 aromatic rings. The standard InChI is InChI=1S/C11H21N5O2/c1-7(2)15(3)6-5-13-8-9(12)16(4)11(18)14-10(8)17/h7,13H,5-6,12H2,1-4H3,(H,14,17,18). The molecule has 0 aliphatic heterocycles. The summed E-state index contributed by atoms with van der Waals surface area (Å²) in [5.74, 6) is 0.149. The van der Waals surface area contributed by atoms with E-state index in [2.05, 4.69) is 29.0 Å². The van der Waals surface area contributed by atoms with Crippen LogP contribution in [-0.4, -0.2) is 40.6 Å². The third-order valence-electron chi connectivity index (χ3n) is 3.02. The molecular formula is C11H21N5O2. The molecule has 102 valence electrons. The molecule has 1 aromatic heterocycles. The van der Waals surface area contributed by atoms with E-state index in [4.69, 9.17) is 5.73 Å². The number of hydrogen-bond acceptors (Lipinski definition) is 5. The first-order valence-electron chi connectivity index (χ1n) is 5.87. The number of nitrogens with two attached hydrogens (primary N) is 1. The normalized spacial score (nSPS) is 11.2. The molecule has 7 nitrogen and oxygen atoms in total. The number of nitrogen functional groups attached to an aromatic ring is 1. The van der Waals surface area contributed by atoms with Gasteiger partial charge in [0.2, 0.25) is 0 Å². The van der Waals surface area contributed by atoms with Crippen LogP contribution in [0.25, 0.3) is 0 Å². The van der Waals surface area contributed by atoms with Crippen molar-refractivity contribution >= 4 is 11.5 Å². The van der Waals surface area contributed by atoms with Crippen LogP contribution in [0, 0.1) is 0 Å². The van der Waals surface area contributed by atoms with Crippen molar-refractivity contribution in [3.05, 3.63) is 20.8 Å². The lowest BCUT2D eigenvalue weighted by Crippen LogP contribution is -2.35. The van der Waals surface area contributed by atoms with Gasteiger partial charge in [-0.1, -0.05) is 0 Å². The highest BCUT2D eigenvalue weighted by Gasteiger charge is 2.09. The maximum Gasteiger partial charge on any atom is 0.329 e. The van der Waals surface area contributed by atoms with Gasteiger partial charge in [-0.3, -0.25) is 14.3 Å². The molecule has 7 heteroatoms. The van der Waals surface area contributed by atoms with E-state index < -0.39 is 11.2 Å². The number of hydrogen-bond donors (Lipinski definition) is 3. The molecule has 0 amide bonds. The van der Waals surface area contributed by atoms with E-state index in [0.29, 0.717) is 12.6 Å². The Balaban J connectivity index is 2.78. The van der Waals surface area contributed by atoms with Crippen LogP contribution >= 0.6 is 0 Å². The summed E-state index contributed by atoms with van der Waals surface area (Å²) < 4.78 is 1.20. The SMILES string of the molecule is CC(C)N(C)CCNc1c(N)n(C)c(=O)[nH]c1=O. The Hall–Kier alpha value is -1.76. The third-order valence-corrected chi connectivity index (χ3v) is 3.02. The summed E-state index contributed by atoms with van der Waals surface area (Å²) in [6.07, 6.45) is 0. The highest BCUT2D eigenvalue weighted by molar-refractivity contribution is 5.60. The van der Waals surface area contributed by atoms with Gasteiger partial charge in [0, 0.05) is 26.2 Å². The Morgan fingerprint density at radius 1 is 1.44 bits per heavy atom. The number of anilines is 2. The van der Waals surface area contributed by atoms with Crippen LogP contribution in [0.4, 0.5) is 11.5 Å². The first-order chi connectivity index (χ1) is 8.34. The van der Waals surface area contributed by atoms with Crippen LogP contribution in [0.15, 0.2) is 9.59 Å². The minimum Gasteiger partial charge on any atom is -0.383 e. The fourth-order valence-corrected chi connectivity index (χ4v) is 1.42. The van der Waals surface area contributed by atoms with E-state index in [0.717, 1.165) is 6.54 Å². The first-order valence-corrected chi connectivity index (χ1v) is 5.87. The molecule has 1 rings (SSSR count). The minimum absolute atomic E-state index is 0.149. The molecule has 0 aromatic carbocycles. The second-order valence-corrected chi connectivity index (χ2v) is 4.58. The Bertz CT molecular complexity index is 517. The number of nitrogens with one attached hydrogen (secondary N) is 2. The van der Waals surface area contributed by atoms with Crippen molar-refractivity contribution in [2.24, 2.45) is 7.05 Å².